The number of hydrazine groups is 2. The minimum Gasteiger partial charge on any atom is -0.391 e. The topological polar surface area (TPSA) is 110 Å². The number of aliphatic hydroxyl groups is 1. The Balaban J connectivity index is 1.28. The predicted molar refractivity (Wildman–Crippen MR) is 147 cm³/mol. The van der Waals surface area contributed by atoms with Crippen LogP contribution in [0.1, 0.15) is 51.3 Å². The van der Waals surface area contributed by atoms with Gasteiger partial charge >= 0.3 is 6.18 Å². The summed E-state index contributed by atoms with van der Waals surface area (Å²) < 4.78 is 41.1. The number of hydrogen-bond acceptors (Lipinski definition) is 8. The van der Waals surface area contributed by atoms with Crippen LogP contribution in [0.3, 0.4) is 0 Å². The Labute approximate surface area is 240 Å². The summed E-state index contributed by atoms with van der Waals surface area (Å²) in [5.41, 5.74) is 7.32. The van der Waals surface area contributed by atoms with Crippen molar-refractivity contribution in [3.8, 4) is 10.4 Å². The van der Waals surface area contributed by atoms with Crippen molar-refractivity contribution in [3.05, 3.63) is 52.9 Å². The fraction of sp³-hybridized carbons (Fsp3) is 0.536. The molecule has 3 atom stereocenters. The second-order valence-electron chi connectivity index (χ2n) is 12.1. The summed E-state index contributed by atoms with van der Waals surface area (Å²) in [6, 6.07) is 5.91. The molecule has 1 saturated carbocycles. The third-order valence-electron chi connectivity index (χ3n) is 8.02. The summed E-state index contributed by atoms with van der Waals surface area (Å²) in [4.78, 5) is 33.9. The second-order valence-corrected chi connectivity index (χ2v) is 13.0. The highest BCUT2D eigenvalue weighted by molar-refractivity contribution is 7.13. The number of β-amino-alcohol motifs (C(OH)–C–C–N with tert-alkyl or cyclic N) is 1. The Kier molecular flexibility index (Phi) is 7.58. The number of benzene rings is 1. The van der Waals surface area contributed by atoms with E-state index in [4.69, 9.17) is 0 Å². The normalized spacial score (nSPS) is 22.8. The van der Waals surface area contributed by atoms with E-state index in [1.165, 1.54) is 16.1 Å². The van der Waals surface area contributed by atoms with Crippen molar-refractivity contribution in [2.24, 2.45) is 10.8 Å². The smallest absolute Gasteiger partial charge is 0.391 e. The maximum atomic E-state index is 13.9. The molecule has 2 fully saturated rings. The largest absolute Gasteiger partial charge is 0.399 e. The first-order valence-corrected chi connectivity index (χ1v) is 14.4. The molecule has 3 heterocycles. The Morgan fingerprint density at radius 1 is 1.22 bits per heavy atom. The van der Waals surface area contributed by atoms with Crippen molar-refractivity contribution in [1.29, 1.82) is 0 Å². The summed E-state index contributed by atoms with van der Waals surface area (Å²) >= 11 is 1.56. The fourth-order valence-electron chi connectivity index (χ4n) is 5.57. The number of halogens is 3. The highest BCUT2D eigenvalue weighted by atomic mass is 32.1. The van der Waals surface area contributed by atoms with Crippen LogP contribution in [0.4, 0.5) is 13.2 Å². The van der Waals surface area contributed by atoms with Gasteiger partial charge in [-0.05, 0) is 36.3 Å². The lowest BCUT2D eigenvalue weighted by Gasteiger charge is -2.39. The number of allylic oxidation sites excluding steroid dienone is 1. The molecular formula is C28H35F3N6O3S. The molecular weight excluding hydrogens is 557 g/mol. The number of aryl methyl sites for hydroxylation is 1. The van der Waals surface area contributed by atoms with E-state index in [0.717, 1.165) is 21.7 Å². The number of carbonyl (C=O) groups is 2. The van der Waals surface area contributed by atoms with Crippen molar-refractivity contribution in [1.82, 2.24) is 31.2 Å². The van der Waals surface area contributed by atoms with Gasteiger partial charge in [-0.2, -0.15) is 13.2 Å². The van der Waals surface area contributed by atoms with Crippen LogP contribution in [-0.2, 0) is 16.1 Å². The van der Waals surface area contributed by atoms with Crippen molar-refractivity contribution in [3.63, 3.8) is 0 Å². The van der Waals surface area contributed by atoms with E-state index in [1.807, 2.05) is 31.2 Å². The summed E-state index contributed by atoms with van der Waals surface area (Å²) in [6.07, 6.45) is -3.96. The molecule has 1 saturated heterocycles. The molecule has 3 aliphatic rings. The number of aliphatic hydroxyl groups excluding tert-OH is 1. The molecule has 13 heteroatoms. The van der Waals surface area contributed by atoms with Gasteiger partial charge < -0.3 is 20.7 Å². The minimum atomic E-state index is -4.41. The Hall–Kier alpha value is -3.16. The zero-order chi connectivity index (χ0) is 29.7. The third kappa shape index (κ3) is 5.67. The standard InChI is InChI=1S/C28H35F3N6O3S/c1-16-22(41-15-33-16)18-7-5-17(6-8-18)12-32-24(39)20-11-19(38)13-36(20)25(40)23(26(2,3)4)37-14-21(34-35-37)27(9-10-27)28(29,30)31/h5-8,14-15,19-20,23,34-35,38H,9-13H2,1-4H3,(H,32,39). The molecule has 222 valence electrons. The molecule has 2 aromatic rings. The van der Waals surface area contributed by atoms with Gasteiger partial charge in [0.05, 0.1) is 27.9 Å². The van der Waals surface area contributed by atoms with Gasteiger partial charge in [0.15, 0.2) is 0 Å². The van der Waals surface area contributed by atoms with Crippen LogP contribution in [0, 0.1) is 17.8 Å². The Morgan fingerprint density at radius 3 is 2.46 bits per heavy atom. The van der Waals surface area contributed by atoms with Crippen LogP contribution < -0.4 is 16.3 Å². The molecule has 1 aliphatic carbocycles. The number of aromatic nitrogens is 1. The second kappa shape index (κ2) is 10.6. The van der Waals surface area contributed by atoms with Gasteiger partial charge in [-0.25, -0.2) is 4.98 Å². The number of likely N-dealkylation sites (tertiary alicyclic amines) is 1. The number of alkyl halides is 3. The molecule has 9 nitrogen and oxygen atoms in total. The van der Waals surface area contributed by atoms with Crippen molar-refractivity contribution >= 4 is 23.2 Å². The van der Waals surface area contributed by atoms with E-state index in [2.05, 4.69) is 21.3 Å². The molecule has 0 spiro atoms. The van der Waals surface area contributed by atoms with E-state index >= 15 is 0 Å². The van der Waals surface area contributed by atoms with Gasteiger partial charge in [0.25, 0.3) is 0 Å². The average Bonchev–Trinajstić information content (AvgIpc) is 3.18. The van der Waals surface area contributed by atoms with Crippen molar-refractivity contribution < 1.29 is 27.9 Å². The molecule has 5 rings (SSSR count). The van der Waals surface area contributed by atoms with Crippen LogP contribution in [-0.4, -0.2) is 62.7 Å². The molecule has 41 heavy (non-hydrogen) atoms. The highest BCUT2D eigenvalue weighted by Gasteiger charge is 2.66. The first-order valence-electron chi connectivity index (χ1n) is 13.6. The molecule has 2 aliphatic heterocycles. The van der Waals surface area contributed by atoms with Crippen LogP contribution >= 0.6 is 11.3 Å². The summed E-state index contributed by atoms with van der Waals surface area (Å²) in [5.74, 6) is -0.857. The highest BCUT2D eigenvalue weighted by Crippen LogP contribution is 2.62. The van der Waals surface area contributed by atoms with Gasteiger partial charge in [0, 0.05) is 25.7 Å². The third-order valence-corrected chi connectivity index (χ3v) is 9.00. The van der Waals surface area contributed by atoms with E-state index < -0.39 is 47.0 Å². The zero-order valence-corrected chi connectivity index (χ0v) is 24.2. The van der Waals surface area contributed by atoms with Crippen molar-refractivity contribution in [2.45, 2.75) is 77.9 Å². The molecule has 1 aromatic carbocycles. The molecule has 3 unspecified atom stereocenters. The maximum absolute atomic E-state index is 13.9. The van der Waals surface area contributed by atoms with Crippen LogP contribution in [0.25, 0.3) is 10.4 Å². The van der Waals surface area contributed by atoms with Crippen LogP contribution in [0.15, 0.2) is 41.7 Å². The lowest BCUT2D eigenvalue weighted by molar-refractivity contribution is -0.176. The van der Waals surface area contributed by atoms with Gasteiger partial charge in [-0.15, -0.1) is 16.9 Å². The number of nitrogens with one attached hydrogen (secondary N) is 3. The molecule has 4 N–H and O–H groups in total. The van der Waals surface area contributed by atoms with Gasteiger partial charge in [0.1, 0.15) is 17.5 Å². The number of rotatable bonds is 7. The first-order chi connectivity index (χ1) is 19.2. The number of carbonyl (C=O) groups excluding carboxylic acids is 2. The summed E-state index contributed by atoms with van der Waals surface area (Å²) in [6.45, 7) is 7.55. The number of amides is 2. The molecule has 1 aromatic heterocycles. The predicted octanol–water partition coefficient (Wildman–Crippen LogP) is 3.62. The minimum absolute atomic E-state index is 0.0207. The van der Waals surface area contributed by atoms with Crippen LogP contribution in [0.5, 0.6) is 0 Å². The van der Waals surface area contributed by atoms with E-state index in [9.17, 15) is 27.9 Å². The van der Waals surface area contributed by atoms with E-state index in [0.29, 0.717) is 0 Å². The monoisotopic (exact) mass is 592 g/mol. The van der Waals surface area contributed by atoms with Gasteiger partial charge in [0.2, 0.25) is 11.8 Å². The van der Waals surface area contributed by atoms with E-state index in [-0.39, 0.29) is 38.0 Å². The zero-order valence-electron chi connectivity index (χ0n) is 23.4. The van der Waals surface area contributed by atoms with Gasteiger partial charge in [-0.3, -0.25) is 14.6 Å². The van der Waals surface area contributed by atoms with Gasteiger partial charge in [-0.1, -0.05) is 45.0 Å². The van der Waals surface area contributed by atoms with Crippen molar-refractivity contribution in [2.75, 3.05) is 6.54 Å². The summed E-state index contributed by atoms with van der Waals surface area (Å²) in [5, 5.41) is 14.7. The average molecular weight is 593 g/mol. The first kappa shape index (κ1) is 29.3. The Morgan fingerprint density at radius 2 is 1.90 bits per heavy atom. The lowest BCUT2D eigenvalue weighted by Crippen LogP contribution is -2.59. The van der Waals surface area contributed by atoms with E-state index in [1.54, 1.807) is 37.6 Å². The molecule has 0 radical (unpaired) electrons. The summed E-state index contributed by atoms with van der Waals surface area (Å²) in [7, 11) is 0. The maximum Gasteiger partial charge on any atom is 0.399 e. The molecule has 0 bridgehead atoms. The molecule has 2 amide bonds. The quantitative estimate of drug-likeness (QED) is 0.389. The van der Waals surface area contributed by atoms with Crippen LogP contribution in [0.2, 0.25) is 0 Å². The number of nitrogens with zero attached hydrogens (tertiary/aromatic N) is 3. The SMILES string of the molecule is Cc1ncsc1-c1ccc(CNC(=O)C2CC(O)CN2C(=O)C(N2C=C(C3(C(F)(F)F)CC3)NN2)C(C)(C)C)cc1. The lowest BCUT2D eigenvalue weighted by atomic mass is 9.85. The fourth-order valence-corrected chi connectivity index (χ4v) is 6.38. The number of hydrogen-bond donors (Lipinski definition) is 4. The Bertz CT molecular complexity index is 1330. The number of thiazole rings is 1.